The Morgan fingerprint density at radius 1 is 1.15 bits per heavy atom. The molecule has 0 aliphatic carbocycles. The van der Waals surface area contributed by atoms with Crippen molar-refractivity contribution in [3.8, 4) is 11.5 Å². The summed E-state index contributed by atoms with van der Waals surface area (Å²) in [4.78, 5) is 27.3. The number of nitrogens with one attached hydrogen (secondary N) is 2. The molecule has 1 saturated heterocycles. The van der Waals surface area contributed by atoms with E-state index in [2.05, 4.69) is 30.6 Å². The molecule has 0 atom stereocenters. The second-order valence-electron chi connectivity index (χ2n) is 9.43. The quantitative estimate of drug-likeness (QED) is 0.275. The van der Waals surface area contributed by atoms with Crippen LogP contribution in [-0.2, 0) is 0 Å². The molecule has 1 aliphatic heterocycles. The summed E-state index contributed by atoms with van der Waals surface area (Å²) in [5.41, 5.74) is 8.17. The molecule has 0 unspecified atom stereocenters. The minimum atomic E-state index is -0.377. The van der Waals surface area contributed by atoms with Gasteiger partial charge >= 0.3 is 0 Å². The van der Waals surface area contributed by atoms with Crippen LogP contribution in [0.4, 0.5) is 22.0 Å². The number of likely N-dealkylation sites (N-methyl/N-ethyl adjacent to an activating group) is 2. The zero-order chi connectivity index (χ0) is 27.4. The van der Waals surface area contributed by atoms with E-state index < -0.39 is 0 Å². The standard InChI is InChI=1S/C26H33FN10O2/c1-29-7-9-34(2)24(38)18-5-6-21(19(27)16-18)36-13-11-35(12-14-36)10-8-30-26-31-23-17-20(22-4-3-15-39-22)33-37(23)25(28)32-26/h3-6,15-17,29H,7-14H2,1-2H3,(H3,28,30,31,32). The van der Waals surface area contributed by atoms with Crippen LogP contribution in [0.2, 0.25) is 0 Å². The van der Waals surface area contributed by atoms with Crippen molar-refractivity contribution in [3.05, 3.63) is 54.0 Å². The number of amides is 1. The first kappa shape index (κ1) is 26.4. The van der Waals surface area contributed by atoms with Crippen molar-refractivity contribution in [1.82, 2.24) is 34.7 Å². The molecule has 1 amide bonds. The van der Waals surface area contributed by atoms with Crippen molar-refractivity contribution in [3.63, 3.8) is 0 Å². The number of benzene rings is 1. The van der Waals surface area contributed by atoms with Crippen LogP contribution in [0, 0.1) is 5.82 Å². The van der Waals surface area contributed by atoms with E-state index in [0.29, 0.717) is 67.0 Å². The molecule has 1 aliphatic rings. The zero-order valence-electron chi connectivity index (χ0n) is 22.1. The number of furan rings is 1. The average Bonchev–Trinajstić information content (AvgIpc) is 3.62. The number of hydrogen-bond acceptors (Lipinski definition) is 10. The van der Waals surface area contributed by atoms with Gasteiger partial charge in [0.05, 0.1) is 12.0 Å². The average molecular weight is 537 g/mol. The molecule has 5 rings (SSSR count). The van der Waals surface area contributed by atoms with Gasteiger partial charge in [0.1, 0.15) is 11.5 Å². The molecule has 0 spiro atoms. The van der Waals surface area contributed by atoms with Gasteiger partial charge in [0.25, 0.3) is 5.91 Å². The minimum absolute atomic E-state index is 0.191. The van der Waals surface area contributed by atoms with Gasteiger partial charge in [0.2, 0.25) is 11.9 Å². The minimum Gasteiger partial charge on any atom is -0.463 e. The Morgan fingerprint density at radius 3 is 2.69 bits per heavy atom. The van der Waals surface area contributed by atoms with Gasteiger partial charge in [0.15, 0.2) is 11.4 Å². The third-order valence-electron chi connectivity index (χ3n) is 6.78. The number of nitrogens with zero attached hydrogens (tertiary/aromatic N) is 7. The molecule has 0 saturated carbocycles. The van der Waals surface area contributed by atoms with Gasteiger partial charge in [-0.15, -0.1) is 0 Å². The van der Waals surface area contributed by atoms with Crippen LogP contribution in [0.25, 0.3) is 17.1 Å². The van der Waals surface area contributed by atoms with Crippen molar-refractivity contribution in [2.45, 2.75) is 0 Å². The topological polar surface area (TPSA) is 133 Å². The Labute approximate surface area is 225 Å². The fourth-order valence-corrected chi connectivity index (χ4v) is 4.57. The lowest BCUT2D eigenvalue weighted by Crippen LogP contribution is -2.48. The zero-order valence-corrected chi connectivity index (χ0v) is 22.1. The molecular formula is C26H33FN10O2. The number of hydrogen-bond donors (Lipinski definition) is 3. The number of carbonyl (C=O) groups is 1. The van der Waals surface area contributed by atoms with Crippen LogP contribution < -0.4 is 21.3 Å². The van der Waals surface area contributed by atoms with E-state index in [0.717, 1.165) is 19.6 Å². The first-order valence-corrected chi connectivity index (χ1v) is 12.9. The molecule has 3 aromatic heterocycles. The molecule has 4 aromatic rings. The monoisotopic (exact) mass is 536 g/mol. The third-order valence-corrected chi connectivity index (χ3v) is 6.78. The molecule has 12 nitrogen and oxygen atoms in total. The number of nitrogens with two attached hydrogens (primary N) is 1. The van der Waals surface area contributed by atoms with E-state index >= 15 is 0 Å². The van der Waals surface area contributed by atoms with E-state index in [1.807, 2.05) is 18.0 Å². The summed E-state index contributed by atoms with van der Waals surface area (Å²) >= 11 is 0. The lowest BCUT2D eigenvalue weighted by molar-refractivity contribution is 0.0796. The predicted octanol–water partition coefficient (Wildman–Crippen LogP) is 1.63. The maximum absolute atomic E-state index is 14.9. The molecule has 206 valence electrons. The van der Waals surface area contributed by atoms with Crippen LogP contribution >= 0.6 is 0 Å². The van der Waals surface area contributed by atoms with Gasteiger partial charge in [-0.2, -0.15) is 19.6 Å². The fourth-order valence-electron chi connectivity index (χ4n) is 4.57. The number of aromatic nitrogens is 4. The van der Waals surface area contributed by atoms with E-state index in [-0.39, 0.29) is 17.7 Å². The van der Waals surface area contributed by atoms with Crippen molar-refractivity contribution in [1.29, 1.82) is 0 Å². The molecular weight excluding hydrogens is 503 g/mol. The summed E-state index contributed by atoms with van der Waals surface area (Å²) in [7, 11) is 3.55. The Hall–Kier alpha value is -4.23. The highest BCUT2D eigenvalue weighted by molar-refractivity contribution is 5.94. The first-order valence-electron chi connectivity index (χ1n) is 12.9. The van der Waals surface area contributed by atoms with Gasteiger partial charge in [0, 0.05) is 71.0 Å². The molecule has 4 heterocycles. The smallest absolute Gasteiger partial charge is 0.253 e. The van der Waals surface area contributed by atoms with Gasteiger partial charge in [-0.05, 0) is 37.4 Å². The molecule has 1 fully saturated rings. The lowest BCUT2D eigenvalue weighted by Gasteiger charge is -2.36. The fraction of sp³-hybridized carbons (Fsp3) is 0.385. The Bertz CT molecular complexity index is 1420. The van der Waals surface area contributed by atoms with Gasteiger partial charge in [-0.1, -0.05) is 0 Å². The summed E-state index contributed by atoms with van der Waals surface area (Å²) in [5, 5.41) is 10.6. The van der Waals surface area contributed by atoms with E-state index in [1.54, 1.807) is 42.5 Å². The molecule has 0 bridgehead atoms. The van der Waals surface area contributed by atoms with Crippen molar-refractivity contribution in [2.75, 3.05) is 82.4 Å². The predicted molar refractivity (Wildman–Crippen MR) is 147 cm³/mol. The number of carbonyl (C=O) groups excluding carboxylic acids is 1. The maximum atomic E-state index is 14.9. The van der Waals surface area contributed by atoms with Crippen molar-refractivity contribution < 1.29 is 13.6 Å². The highest BCUT2D eigenvalue weighted by atomic mass is 19.1. The Morgan fingerprint density at radius 2 is 1.97 bits per heavy atom. The maximum Gasteiger partial charge on any atom is 0.253 e. The van der Waals surface area contributed by atoms with Crippen molar-refractivity contribution in [2.24, 2.45) is 0 Å². The number of piperazine rings is 1. The second-order valence-corrected chi connectivity index (χ2v) is 9.43. The normalized spacial score (nSPS) is 14.2. The van der Waals surface area contributed by atoms with Crippen LogP contribution in [0.5, 0.6) is 0 Å². The van der Waals surface area contributed by atoms with Crippen LogP contribution in [0.15, 0.2) is 47.1 Å². The first-order chi connectivity index (χ1) is 18.9. The van der Waals surface area contributed by atoms with Crippen LogP contribution in [0.1, 0.15) is 10.4 Å². The Kier molecular flexibility index (Phi) is 7.89. The summed E-state index contributed by atoms with van der Waals surface area (Å²) in [5.74, 6) is 0.721. The molecule has 39 heavy (non-hydrogen) atoms. The highest BCUT2D eigenvalue weighted by Gasteiger charge is 2.21. The second kappa shape index (κ2) is 11.7. The third kappa shape index (κ3) is 5.94. The SMILES string of the molecule is CNCCN(C)C(=O)c1ccc(N2CCN(CCNc3nc(N)n4nc(-c5ccco5)cc4n3)CC2)c(F)c1. The highest BCUT2D eigenvalue weighted by Crippen LogP contribution is 2.23. The largest absolute Gasteiger partial charge is 0.463 e. The van der Waals surface area contributed by atoms with E-state index in [9.17, 15) is 9.18 Å². The number of nitrogen functional groups attached to an aromatic ring is 1. The summed E-state index contributed by atoms with van der Waals surface area (Å²) < 4.78 is 21.8. The van der Waals surface area contributed by atoms with Gasteiger partial charge in [-0.25, -0.2) is 4.39 Å². The van der Waals surface area contributed by atoms with Gasteiger partial charge < -0.3 is 30.6 Å². The van der Waals surface area contributed by atoms with Crippen LogP contribution in [-0.4, -0.2) is 102 Å². The lowest BCUT2D eigenvalue weighted by atomic mass is 10.1. The van der Waals surface area contributed by atoms with Gasteiger partial charge in [-0.3, -0.25) is 9.69 Å². The van der Waals surface area contributed by atoms with E-state index in [1.165, 1.54) is 10.6 Å². The summed E-state index contributed by atoms with van der Waals surface area (Å²) in [6.45, 7) is 5.57. The number of rotatable bonds is 10. The number of fused-ring (bicyclic) bond motifs is 1. The number of halogens is 1. The molecule has 0 radical (unpaired) electrons. The Balaban J connectivity index is 1.12. The number of anilines is 3. The summed E-state index contributed by atoms with van der Waals surface area (Å²) in [6.07, 6.45) is 1.59. The molecule has 13 heteroatoms. The van der Waals surface area contributed by atoms with E-state index in [4.69, 9.17) is 10.2 Å². The molecule has 4 N–H and O–H groups in total. The summed E-state index contributed by atoms with van der Waals surface area (Å²) in [6, 6.07) is 10.2. The molecule has 1 aromatic carbocycles. The van der Waals surface area contributed by atoms with Crippen molar-refractivity contribution >= 4 is 29.1 Å². The van der Waals surface area contributed by atoms with Crippen LogP contribution in [0.3, 0.4) is 0 Å².